The summed E-state index contributed by atoms with van der Waals surface area (Å²) in [5, 5.41) is 9.51. The first kappa shape index (κ1) is 14.1. The molecule has 1 unspecified atom stereocenters. The standard InChI is InChI=1S/C18H16N2O2/c21-18(22)15(11-13-7-3-1-4-8-13)17-19-12-16(20-17)14-9-5-2-6-10-14/h1-10,12,15H,11H2,(H,19,20)(H,21,22). The van der Waals surface area contributed by atoms with Crippen LogP contribution >= 0.6 is 0 Å². The van der Waals surface area contributed by atoms with Gasteiger partial charge in [0.15, 0.2) is 0 Å². The molecule has 0 spiro atoms. The topological polar surface area (TPSA) is 66.0 Å². The lowest BCUT2D eigenvalue weighted by Crippen LogP contribution is -2.16. The Hall–Kier alpha value is -2.88. The first-order valence-corrected chi connectivity index (χ1v) is 7.11. The van der Waals surface area contributed by atoms with Crippen molar-refractivity contribution in [3.05, 3.63) is 78.2 Å². The van der Waals surface area contributed by atoms with Crippen molar-refractivity contribution in [2.75, 3.05) is 0 Å². The van der Waals surface area contributed by atoms with Crippen LogP contribution in [0, 0.1) is 0 Å². The molecule has 1 atom stereocenters. The summed E-state index contributed by atoms with van der Waals surface area (Å²) in [5.41, 5.74) is 2.80. The van der Waals surface area contributed by atoms with E-state index in [1.54, 1.807) is 6.20 Å². The molecule has 0 aliphatic rings. The van der Waals surface area contributed by atoms with Gasteiger partial charge in [-0.15, -0.1) is 0 Å². The zero-order valence-corrected chi connectivity index (χ0v) is 11.9. The largest absolute Gasteiger partial charge is 0.481 e. The Kier molecular flexibility index (Phi) is 4.01. The van der Waals surface area contributed by atoms with E-state index in [4.69, 9.17) is 0 Å². The molecular formula is C18H16N2O2. The molecule has 4 nitrogen and oxygen atoms in total. The molecule has 0 saturated carbocycles. The molecule has 1 aromatic heterocycles. The van der Waals surface area contributed by atoms with Crippen molar-refractivity contribution in [1.82, 2.24) is 9.97 Å². The number of nitrogens with one attached hydrogen (secondary N) is 1. The zero-order chi connectivity index (χ0) is 15.4. The van der Waals surface area contributed by atoms with Crippen LogP contribution in [-0.2, 0) is 11.2 Å². The molecule has 3 aromatic rings. The predicted octanol–water partition coefficient (Wildman–Crippen LogP) is 3.49. The average Bonchev–Trinajstić information content (AvgIpc) is 3.04. The summed E-state index contributed by atoms with van der Waals surface area (Å²) in [6.45, 7) is 0. The third-order valence-electron chi connectivity index (χ3n) is 3.59. The van der Waals surface area contributed by atoms with Gasteiger partial charge in [0.05, 0.1) is 11.9 Å². The van der Waals surface area contributed by atoms with Crippen molar-refractivity contribution >= 4 is 5.97 Å². The highest BCUT2D eigenvalue weighted by atomic mass is 16.4. The van der Waals surface area contributed by atoms with Crippen molar-refractivity contribution < 1.29 is 9.90 Å². The molecule has 4 heteroatoms. The Morgan fingerprint density at radius 1 is 1.05 bits per heavy atom. The van der Waals surface area contributed by atoms with Gasteiger partial charge in [0.25, 0.3) is 0 Å². The molecule has 0 fully saturated rings. The first-order chi connectivity index (χ1) is 10.7. The lowest BCUT2D eigenvalue weighted by atomic mass is 9.99. The second kappa shape index (κ2) is 6.26. The quantitative estimate of drug-likeness (QED) is 0.756. The summed E-state index contributed by atoms with van der Waals surface area (Å²) < 4.78 is 0. The van der Waals surface area contributed by atoms with Crippen LogP contribution in [0.15, 0.2) is 66.9 Å². The van der Waals surface area contributed by atoms with Gasteiger partial charge in [0, 0.05) is 0 Å². The van der Waals surface area contributed by atoms with E-state index < -0.39 is 11.9 Å². The van der Waals surface area contributed by atoms with E-state index in [1.165, 1.54) is 0 Å². The highest BCUT2D eigenvalue weighted by molar-refractivity contribution is 5.75. The minimum absolute atomic E-state index is 0.415. The maximum atomic E-state index is 11.6. The molecule has 110 valence electrons. The maximum Gasteiger partial charge on any atom is 0.314 e. The number of carbonyl (C=O) groups is 1. The number of H-pyrrole nitrogens is 1. The van der Waals surface area contributed by atoms with Crippen LogP contribution in [0.2, 0.25) is 0 Å². The third-order valence-corrected chi connectivity index (χ3v) is 3.59. The Morgan fingerprint density at radius 2 is 1.68 bits per heavy atom. The first-order valence-electron chi connectivity index (χ1n) is 7.11. The molecule has 0 radical (unpaired) electrons. The molecule has 0 saturated heterocycles. The van der Waals surface area contributed by atoms with Gasteiger partial charge in [-0.05, 0) is 17.5 Å². The predicted molar refractivity (Wildman–Crippen MR) is 84.5 cm³/mol. The fraction of sp³-hybridized carbons (Fsp3) is 0.111. The van der Waals surface area contributed by atoms with Gasteiger partial charge >= 0.3 is 5.97 Å². The molecule has 0 amide bonds. The number of nitrogens with zero attached hydrogens (tertiary/aromatic N) is 1. The Labute approximate surface area is 128 Å². The number of aliphatic carboxylic acids is 1. The molecule has 0 aliphatic carbocycles. The molecule has 0 aliphatic heterocycles. The van der Waals surface area contributed by atoms with Crippen molar-refractivity contribution in [3.8, 4) is 11.3 Å². The van der Waals surface area contributed by atoms with Crippen LogP contribution in [-0.4, -0.2) is 21.0 Å². The number of aromatic nitrogens is 2. The van der Waals surface area contributed by atoms with Crippen LogP contribution < -0.4 is 0 Å². The smallest absolute Gasteiger partial charge is 0.314 e. The van der Waals surface area contributed by atoms with Gasteiger partial charge in [0.1, 0.15) is 11.7 Å². The molecule has 1 heterocycles. The summed E-state index contributed by atoms with van der Waals surface area (Å²) in [4.78, 5) is 19.0. The number of carboxylic acid groups (broad SMARTS) is 1. The number of benzene rings is 2. The van der Waals surface area contributed by atoms with E-state index in [0.29, 0.717) is 12.2 Å². The molecular weight excluding hydrogens is 276 g/mol. The van der Waals surface area contributed by atoms with Gasteiger partial charge in [-0.25, -0.2) is 4.98 Å². The van der Waals surface area contributed by atoms with Gasteiger partial charge in [-0.2, -0.15) is 0 Å². The van der Waals surface area contributed by atoms with Gasteiger partial charge in [-0.1, -0.05) is 60.7 Å². The van der Waals surface area contributed by atoms with Gasteiger partial charge in [-0.3, -0.25) is 4.79 Å². The highest BCUT2D eigenvalue weighted by Gasteiger charge is 2.23. The van der Waals surface area contributed by atoms with Crippen molar-refractivity contribution in [2.45, 2.75) is 12.3 Å². The van der Waals surface area contributed by atoms with E-state index in [0.717, 1.165) is 16.8 Å². The van der Waals surface area contributed by atoms with E-state index in [2.05, 4.69) is 9.97 Å². The molecule has 3 rings (SSSR count). The Balaban J connectivity index is 1.87. The van der Waals surface area contributed by atoms with E-state index in [1.807, 2.05) is 60.7 Å². The zero-order valence-electron chi connectivity index (χ0n) is 11.9. The molecule has 2 aromatic carbocycles. The normalized spacial score (nSPS) is 12.0. The van der Waals surface area contributed by atoms with Crippen LogP contribution in [0.3, 0.4) is 0 Å². The van der Waals surface area contributed by atoms with E-state index in [9.17, 15) is 9.90 Å². The molecule has 22 heavy (non-hydrogen) atoms. The second-order valence-corrected chi connectivity index (χ2v) is 5.13. The molecule has 0 bridgehead atoms. The Morgan fingerprint density at radius 3 is 2.32 bits per heavy atom. The number of imidazole rings is 1. The maximum absolute atomic E-state index is 11.6. The summed E-state index contributed by atoms with van der Waals surface area (Å²) in [7, 11) is 0. The minimum Gasteiger partial charge on any atom is -0.481 e. The fourth-order valence-electron chi connectivity index (χ4n) is 2.43. The number of hydrogen-bond donors (Lipinski definition) is 2. The van der Waals surface area contributed by atoms with Gasteiger partial charge in [0.2, 0.25) is 0 Å². The van der Waals surface area contributed by atoms with Crippen LogP contribution in [0.1, 0.15) is 17.3 Å². The average molecular weight is 292 g/mol. The fourth-order valence-corrected chi connectivity index (χ4v) is 2.43. The lowest BCUT2D eigenvalue weighted by molar-refractivity contribution is -0.138. The number of aromatic amines is 1. The lowest BCUT2D eigenvalue weighted by Gasteiger charge is -2.09. The second-order valence-electron chi connectivity index (χ2n) is 5.13. The number of hydrogen-bond acceptors (Lipinski definition) is 2. The summed E-state index contributed by atoms with van der Waals surface area (Å²) in [5.74, 6) is -1.08. The van der Waals surface area contributed by atoms with E-state index >= 15 is 0 Å². The third kappa shape index (κ3) is 3.06. The van der Waals surface area contributed by atoms with E-state index in [-0.39, 0.29) is 0 Å². The monoisotopic (exact) mass is 292 g/mol. The van der Waals surface area contributed by atoms with Crippen LogP contribution in [0.25, 0.3) is 11.3 Å². The Bertz CT molecular complexity index is 751. The van der Waals surface area contributed by atoms with Crippen molar-refractivity contribution in [3.63, 3.8) is 0 Å². The highest BCUT2D eigenvalue weighted by Crippen LogP contribution is 2.23. The summed E-state index contributed by atoms with van der Waals surface area (Å²) in [6.07, 6.45) is 2.10. The minimum atomic E-state index is -0.877. The van der Waals surface area contributed by atoms with Crippen molar-refractivity contribution in [1.29, 1.82) is 0 Å². The van der Waals surface area contributed by atoms with Gasteiger partial charge < -0.3 is 10.1 Å². The number of carboxylic acids is 1. The summed E-state index contributed by atoms with van der Waals surface area (Å²) in [6, 6.07) is 19.3. The molecule has 2 N–H and O–H groups in total. The number of rotatable bonds is 5. The summed E-state index contributed by atoms with van der Waals surface area (Å²) >= 11 is 0. The van der Waals surface area contributed by atoms with Crippen LogP contribution in [0.5, 0.6) is 0 Å². The van der Waals surface area contributed by atoms with Crippen molar-refractivity contribution in [2.24, 2.45) is 0 Å². The van der Waals surface area contributed by atoms with Crippen LogP contribution in [0.4, 0.5) is 0 Å². The SMILES string of the molecule is O=C(O)C(Cc1ccccc1)c1ncc(-c2ccccc2)[nH]1.